The van der Waals surface area contributed by atoms with Gasteiger partial charge in [-0.15, -0.1) is 5.10 Å². The molecule has 124 valence electrons. The van der Waals surface area contributed by atoms with E-state index in [0.29, 0.717) is 11.6 Å². The Bertz CT molecular complexity index is 762. The monoisotopic (exact) mass is 344 g/mol. The second-order valence-corrected chi connectivity index (χ2v) is 6.81. The summed E-state index contributed by atoms with van der Waals surface area (Å²) in [5.74, 6) is -0.472. The topological polar surface area (TPSA) is 68.1 Å². The van der Waals surface area contributed by atoms with E-state index in [1.54, 1.807) is 11.0 Å². The number of halogens is 1. The Morgan fingerprint density at radius 3 is 2.29 bits per heavy atom. The van der Waals surface area contributed by atoms with Gasteiger partial charge < -0.3 is 0 Å². The highest BCUT2D eigenvalue weighted by Gasteiger charge is 2.50. The minimum absolute atomic E-state index is 0.144. The number of carbonyl (C=O) groups is 2. The first-order valence-electron chi connectivity index (χ1n) is 8.15. The van der Waals surface area contributed by atoms with Gasteiger partial charge in [0.25, 0.3) is 5.95 Å². The number of benzene rings is 1. The zero-order chi connectivity index (χ0) is 16.7. The second kappa shape index (κ2) is 6.02. The molecule has 4 rings (SSSR count). The molecule has 6 nitrogen and oxygen atoms in total. The number of nitrogens with zero attached hydrogens (tertiary/aromatic N) is 4. The van der Waals surface area contributed by atoms with E-state index in [-0.39, 0.29) is 29.6 Å². The number of anilines is 1. The maximum atomic E-state index is 12.6. The van der Waals surface area contributed by atoms with E-state index < -0.39 is 0 Å². The summed E-state index contributed by atoms with van der Waals surface area (Å²) in [5.41, 5.74) is 1.02. The summed E-state index contributed by atoms with van der Waals surface area (Å²) in [5, 5.41) is 5.00. The van der Waals surface area contributed by atoms with Gasteiger partial charge in [0.2, 0.25) is 11.8 Å². The minimum atomic E-state index is -0.186. The molecule has 1 aromatic carbocycles. The molecule has 2 aliphatic rings. The van der Waals surface area contributed by atoms with Crippen LogP contribution in [0.1, 0.15) is 31.2 Å². The number of fused-ring (bicyclic) bond motifs is 1. The Morgan fingerprint density at radius 1 is 1.04 bits per heavy atom. The number of aromatic nitrogens is 3. The summed E-state index contributed by atoms with van der Waals surface area (Å²) in [6, 6.07) is 7.44. The zero-order valence-electron chi connectivity index (χ0n) is 13.1. The van der Waals surface area contributed by atoms with Gasteiger partial charge in [-0.2, -0.15) is 4.98 Å². The summed E-state index contributed by atoms with van der Waals surface area (Å²) in [7, 11) is 0. The van der Waals surface area contributed by atoms with Gasteiger partial charge in [-0.25, -0.2) is 9.58 Å². The molecule has 7 heteroatoms. The van der Waals surface area contributed by atoms with Crippen molar-refractivity contribution < 1.29 is 9.59 Å². The Labute approximate surface area is 144 Å². The molecule has 2 unspecified atom stereocenters. The molecule has 24 heavy (non-hydrogen) atoms. The Balaban J connectivity index is 1.55. The minimum Gasteiger partial charge on any atom is -0.274 e. The fourth-order valence-electron chi connectivity index (χ4n) is 3.60. The van der Waals surface area contributed by atoms with Crippen molar-refractivity contribution in [2.45, 2.75) is 32.2 Å². The van der Waals surface area contributed by atoms with Gasteiger partial charge in [0.15, 0.2) is 0 Å². The molecule has 2 heterocycles. The van der Waals surface area contributed by atoms with Crippen molar-refractivity contribution in [3.05, 3.63) is 41.2 Å². The number of hydrogen-bond acceptors (Lipinski definition) is 4. The smallest absolute Gasteiger partial charge is 0.258 e. The van der Waals surface area contributed by atoms with Crippen LogP contribution in [0.4, 0.5) is 5.95 Å². The molecule has 1 aliphatic carbocycles. The van der Waals surface area contributed by atoms with Crippen LogP contribution in [0.2, 0.25) is 5.02 Å². The summed E-state index contributed by atoms with van der Waals surface area (Å²) in [6.07, 6.45) is 5.14. The van der Waals surface area contributed by atoms with Crippen molar-refractivity contribution in [3.63, 3.8) is 0 Å². The molecule has 0 N–H and O–H groups in total. The van der Waals surface area contributed by atoms with Crippen molar-refractivity contribution in [1.82, 2.24) is 14.8 Å². The van der Waals surface area contributed by atoms with E-state index >= 15 is 0 Å². The van der Waals surface area contributed by atoms with Gasteiger partial charge in [0.1, 0.15) is 6.33 Å². The van der Waals surface area contributed by atoms with Crippen molar-refractivity contribution >= 4 is 29.4 Å². The van der Waals surface area contributed by atoms with E-state index in [0.717, 1.165) is 31.2 Å². The van der Waals surface area contributed by atoms with Crippen molar-refractivity contribution in [2.24, 2.45) is 11.8 Å². The van der Waals surface area contributed by atoms with E-state index in [1.165, 1.54) is 4.90 Å². The van der Waals surface area contributed by atoms with Crippen molar-refractivity contribution in [3.8, 4) is 0 Å². The first-order chi connectivity index (χ1) is 11.6. The third-order valence-electron chi connectivity index (χ3n) is 4.82. The lowest BCUT2D eigenvalue weighted by atomic mass is 9.81. The highest BCUT2D eigenvalue weighted by molar-refractivity contribution is 6.30. The standard InChI is InChI=1S/C17H17ClN4O2/c18-12-7-5-11(6-8-12)9-21-10-19-17(20-21)22-15(23)13-3-1-2-4-14(13)16(22)24/h5-8,10,13-14H,1-4,9H2. The van der Waals surface area contributed by atoms with Crippen molar-refractivity contribution in [1.29, 1.82) is 0 Å². The number of carbonyl (C=O) groups excluding carboxylic acids is 2. The molecule has 2 aromatic rings. The highest BCUT2D eigenvalue weighted by atomic mass is 35.5. The van der Waals surface area contributed by atoms with Crippen LogP contribution in [0, 0.1) is 11.8 Å². The molecule has 2 atom stereocenters. The van der Waals surface area contributed by atoms with Crippen molar-refractivity contribution in [2.75, 3.05) is 4.90 Å². The van der Waals surface area contributed by atoms with E-state index in [9.17, 15) is 9.59 Å². The summed E-state index contributed by atoms with van der Waals surface area (Å²) >= 11 is 5.88. The van der Waals surface area contributed by atoms with Crippen LogP contribution in [0.3, 0.4) is 0 Å². The van der Waals surface area contributed by atoms with Crippen LogP contribution >= 0.6 is 11.6 Å². The van der Waals surface area contributed by atoms with E-state index in [4.69, 9.17) is 11.6 Å². The molecule has 1 aliphatic heterocycles. The Hall–Kier alpha value is -2.21. The molecular weight excluding hydrogens is 328 g/mol. The van der Waals surface area contributed by atoms with Gasteiger partial charge >= 0.3 is 0 Å². The predicted octanol–water partition coefficient (Wildman–Crippen LogP) is 2.66. The third-order valence-corrected chi connectivity index (χ3v) is 5.08. The molecule has 2 fully saturated rings. The maximum Gasteiger partial charge on any atom is 0.258 e. The molecule has 1 saturated carbocycles. The fraction of sp³-hybridized carbons (Fsp3) is 0.412. The molecule has 1 aromatic heterocycles. The zero-order valence-corrected chi connectivity index (χ0v) is 13.8. The summed E-state index contributed by atoms with van der Waals surface area (Å²) in [4.78, 5) is 30.5. The van der Waals surface area contributed by atoms with Gasteiger partial charge in [0, 0.05) is 5.02 Å². The largest absolute Gasteiger partial charge is 0.274 e. The fourth-order valence-corrected chi connectivity index (χ4v) is 3.73. The summed E-state index contributed by atoms with van der Waals surface area (Å²) < 4.78 is 1.63. The third kappa shape index (κ3) is 2.60. The lowest BCUT2D eigenvalue weighted by Gasteiger charge is -2.19. The number of imide groups is 1. The van der Waals surface area contributed by atoms with Gasteiger partial charge in [-0.1, -0.05) is 36.6 Å². The maximum absolute atomic E-state index is 12.6. The van der Waals surface area contributed by atoms with Crippen LogP contribution in [-0.4, -0.2) is 26.6 Å². The lowest BCUT2D eigenvalue weighted by molar-refractivity contribution is -0.122. The van der Waals surface area contributed by atoms with Crippen LogP contribution in [0.5, 0.6) is 0 Å². The molecule has 0 radical (unpaired) electrons. The molecule has 1 saturated heterocycles. The predicted molar refractivity (Wildman–Crippen MR) is 88.5 cm³/mol. The van der Waals surface area contributed by atoms with Gasteiger partial charge in [-0.3, -0.25) is 9.59 Å². The first kappa shape index (κ1) is 15.3. The van der Waals surface area contributed by atoms with Crippen LogP contribution in [0.15, 0.2) is 30.6 Å². The van der Waals surface area contributed by atoms with Gasteiger partial charge in [0.05, 0.1) is 18.4 Å². The van der Waals surface area contributed by atoms with Crippen LogP contribution in [0.25, 0.3) is 0 Å². The Morgan fingerprint density at radius 2 is 1.67 bits per heavy atom. The SMILES string of the molecule is O=C1C2CCCCC2C(=O)N1c1ncn(Cc2ccc(Cl)cc2)n1. The first-order valence-corrected chi connectivity index (χ1v) is 8.53. The van der Waals surface area contributed by atoms with E-state index in [2.05, 4.69) is 10.1 Å². The quantitative estimate of drug-likeness (QED) is 0.803. The average Bonchev–Trinajstić information content (AvgIpc) is 3.14. The van der Waals surface area contributed by atoms with Crippen LogP contribution in [-0.2, 0) is 16.1 Å². The number of rotatable bonds is 3. The number of amides is 2. The molecular formula is C17H17ClN4O2. The highest BCUT2D eigenvalue weighted by Crippen LogP contribution is 2.39. The average molecular weight is 345 g/mol. The second-order valence-electron chi connectivity index (χ2n) is 6.38. The molecule has 2 amide bonds. The Kier molecular flexibility index (Phi) is 3.84. The normalized spacial score (nSPS) is 23.6. The van der Waals surface area contributed by atoms with E-state index in [1.807, 2.05) is 24.3 Å². The number of hydrogen-bond donors (Lipinski definition) is 0. The summed E-state index contributed by atoms with van der Waals surface area (Å²) in [6.45, 7) is 0.507. The van der Waals surface area contributed by atoms with Gasteiger partial charge in [-0.05, 0) is 30.5 Å². The lowest BCUT2D eigenvalue weighted by Crippen LogP contribution is -2.32. The van der Waals surface area contributed by atoms with Crippen LogP contribution < -0.4 is 4.90 Å². The molecule has 0 spiro atoms. The molecule has 0 bridgehead atoms.